The highest BCUT2D eigenvalue weighted by Gasteiger charge is 2.13. The zero-order chi connectivity index (χ0) is 13.7. The average molecular weight is 312 g/mol. The summed E-state index contributed by atoms with van der Waals surface area (Å²) in [7, 11) is 0. The first kappa shape index (κ1) is 15.2. The molecular formula is C15H22BrNO. The highest BCUT2D eigenvalue weighted by Crippen LogP contribution is 2.19. The molecule has 18 heavy (non-hydrogen) atoms. The van der Waals surface area contributed by atoms with Gasteiger partial charge >= 0.3 is 0 Å². The smallest absolute Gasteiger partial charge is 0.251 e. The molecule has 0 aliphatic heterocycles. The molecule has 0 radical (unpaired) electrons. The Labute approximate surface area is 118 Å². The molecule has 0 aromatic heterocycles. The van der Waals surface area contributed by atoms with Crippen molar-refractivity contribution in [1.29, 1.82) is 0 Å². The van der Waals surface area contributed by atoms with Gasteiger partial charge in [0.15, 0.2) is 0 Å². The molecule has 1 N–H and O–H groups in total. The Morgan fingerprint density at radius 1 is 1.28 bits per heavy atom. The summed E-state index contributed by atoms with van der Waals surface area (Å²) in [4.78, 5) is 12.1. The van der Waals surface area contributed by atoms with Crippen LogP contribution < -0.4 is 5.32 Å². The Balaban J connectivity index is 2.62. The molecule has 2 nitrogen and oxygen atoms in total. The van der Waals surface area contributed by atoms with E-state index in [1.165, 1.54) is 0 Å². The number of benzene rings is 1. The van der Waals surface area contributed by atoms with Crippen molar-refractivity contribution in [2.75, 3.05) is 0 Å². The molecule has 0 spiro atoms. The van der Waals surface area contributed by atoms with Crippen LogP contribution in [0.5, 0.6) is 0 Å². The minimum atomic E-state index is 0.0186. The van der Waals surface area contributed by atoms with Gasteiger partial charge in [-0.3, -0.25) is 4.79 Å². The maximum absolute atomic E-state index is 12.1. The van der Waals surface area contributed by atoms with Gasteiger partial charge in [-0.25, -0.2) is 0 Å². The van der Waals surface area contributed by atoms with Crippen molar-refractivity contribution in [2.45, 2.75) is 46.6 Å². The second kappa shape index (κ2) is 6.93. The van der Waals surface area contributed by atoms with Crippen molar-refractivity contribution in [2.24, 2.45) is 5.92 Å². The molecule has 3 heteroatoms. The zero-order valence-electron chi connectivity index (χ0n) is 11.6. The molecule has 1 aromatic carbocycles. The summed E-state index contributed by atoms with van der Waals surface area (Å²) in [6.07, 6.45) is 2.16. The molecule has 0 heterocycles. The van der Waals surface area contributed by atoms with Crippen LogP contribution in [0, 0.1) is 12.8 Å². The molecule has 0 aliphatic carbocycles. The molecule has 1 unspecified atom stereocenters. The first-order valence-electron chi connectivity index (χ1n) is 6.47. The number of nitrogens with one attached hydrogen (secondary N) is 1. The van der Waals surface area contributed by atoms with E-state index in [2.05, 4.69) is 42.0 Å². The summed E-state index contributed by atoms with van der Waals surface area (Å²) in [5.74, 6) is 0.696. The summed E-state index contributed by atoms with van der Waals surface area (Å²) in [6, 6.07) is 5.93. The molecule has 1 amide bonds. The third kappa shape index (κ3) is 4.45. The van der Waals surface area contributed by atoms with Crippen LogP contribution in [-0.2, 0) is 0 Å². The van der Waals surface area contributed by atoms with Crippen LogP contribution in [0.3, 0.4) is 0 Å². The maximum atomic E-state index is 12.1. The molecule has 0 saturated carbocycles. The van der Waals surface area contributed by atoms with Gasteiger partial charge in [0, 0.05) is 16.1 Å². The van der Waals surface area contributed by atoms with Gasteiger partial charge in [-0.2, -0.15) is 0 Å². The highest BCUT2D eigenvalue weighted by atomic mass is 79.9. The lowest BCUT2D eigenvalue weighted by atomic mass is 10.0. The topological polar surface area (TPSA) is 29.1 Å². The van der Waals surface area contributed by atoms with Gasteiger partial charge in [0.25, 0.3) is 5.91 Å². The van der Waals surface area contributed by atoms with Gasteiger partial charge in [-0.15, -0.1) is 0 Å². The Morgan fingerprint density at radius 3 is 2.56 bits per heavy atom. The molecule has 1 rings (SSSR count). The molecule has 0 saturated heterocycles. The second-order valence-corrected chi connectivity index (χ2v) is 6.11. The van der Waals surface area contributed by atoms with Crippen LogP contribution >= 0.6 is 15.9 Å². The minimum absolute atomic E-state index is 0.0186. The van der Waals surface area contributed by atoms with E-state index in [1.807, 2.05) is 25.1 Å². The number of amides is 1. The lowest BCUT2D eigenvalue weighted by molar-refractivity contribution is 0.0936. The lowest BCUT2D eigenvalue weighted by Gasteiger charge is -2.16. The number of carbonyl (C=O) groups is 1. The quantitative estimate of drug-likeness (QED) is 0.862. The zero-order valence-corrected chi connectivity index (χ0v) is 13.2. The van der Waals surface area contributed by atoms with Gasteiger partial charge in [-0.05, 0) is 50.3 Å². The monoisotopic (exact) mass is 311 g/mol. The van der Waals surface area contributed by atoms with E-state index in [-0.39, 0.29) is 11.9 Å². The number of hydrogen-bond donors (Lipinski definition) is 1. The van der Waals surface area contributed by atoms with E-state index in [0.29, 0.717) is 5.92 Å². The largest absolute Gasteiger partial charge is 0.350 e. The van der Waals surface area contributed by atoms with Crippen LogP contribution in [0.1, 0.15) is 49.5 Å². The molecule has 1 aromatic rings. The molecule has 0 fully saturated rings. The Bertz CT molecular complexity index is 415. The fourth-order valence-electron chi connectivity index (χ4n) is 1.81. The first-order valence-corrected chi connectivity index (χ1v) is 7.27. The van der Waals surface area contributed by atoms with Gasteiger partial charge < -0.3 is 5.32 Å². The van der Waals surface area contributed by atoms with Crippen molar-refractivity contribution in [3.8, 4) is 0 Å². The number of halogens is 1. The third-order valence-corrected chi connectivity index (χ3v) is 3.93. The van der Waals surface area contributed by atoms with E-state index < -0.39 is 0 Å². The maximum Gasteiger partial charge on any atom is 0.251 e. The SMILES string of the molecule is Cc1c(Br)cccc1C(=O)NC(C)CCC(C)C. The lowest BCUT2D eigenvalue weighted by Crippen LogP contribution is -2.33. The summed E-state index contributed by atoms with van der Waals surface area (Å²) >= 11 is 3.45. The van der Waals surface area contributed by atoms with Gasteiger partial charge in [0.1, 0.15) is 0 Å². The standard InChI is InChI=1S/C15H22BrNO/c1-10(2)8-9-11(3)17-15(18)13-6-5-7-14(16)12(13)4/h5-7,10-11H,8-9H2,1-4H3,(H,17,18). The van der Waals surface area contributed by atoms with Crippen LogP contribution in [0.15, 0.2) is 22.7 Å². The van der Waals surface area contributed by atoms with Crippen LogP contribution in [-0.4, -0.2) is 11.9 Å². The summed E-state index contributed by atoms with van der Waals surface area (Å²) in [5, 5.41) is 3.06. The minimum Gasteiger partial charge on any atom is -0.350 e. The van der Waals surface area contributed by atoms with Crippen LogP contribution in [0.4, 0.5) is 0 Å². The molecule has 0 aliphatic rings. The second-order valence-electron chi connectivity index (χ2n) is 5.26. The van der Waals surface area contributed by atoms with Crippen molar-refractivity contribution in [3.63, 3.8) is 0 Å². The molecular weight excluding hydrogens is 290 g/mol. The molecule has 100 valence electrons. The van der Waals surface area contributed by atoms with Gasteiger partial charge in [0.05, 0.1) is 0 Å². The van der Waals surface area contributed by atoms with E-state index in [0.717, 1.165) is 28.4 Å². The predicted octanol–water partition coefficient (Wildman–Crippen LogP) is 4.31. The Kier molecular flexibility index (Phi) is 5.86. The summed E-state index contributed by atoms with van der Waals surface area (Å²) < 4.78 is 0.977. The van der Waals surface area contributed by atoms with E-state index in [1.54, 1.807) is 0 Å². The van der Waals surface area contributed by atoms with Crippen LogP contribution in [0.2, 0.25) is 0 Å². The fraction of sp³-hybridized carbons (Fsp3) is 0.533. The Morgan fingerprint density at radius 2 is 1.94 bits per heavy atom. The third-order valence-electron chi connectivity index (χ3n) is 3.07. The van der Waals surface area contributed by atoms with E-state index >= 15 is 0 Å². The van der Waals surface area contributed by atoms with Crippen molar-refractivity contribution >= 4 is 21.8 Å². The number of rotatable bonds is 5. The van der Waals surface area contributed by atoms with Gasteiger partial charge in [-0.1, -0.05) is 35.8 Å². The highest BCUT2D eigenvalue weighted by molar-refractivity contribution is 9.10. The summed E-state index contributed by atoms with van der Waals surface area (Å²) in [5.41, 5.74) is 1.74. The predicted molar refractivity (Wildman–Crippen MR) is 79.9 cm³/mol. The van der Waals surface area contributed by atoms with Crippen LogP contribution in [0.25, 0.3) is 0 Å². The van der Waals surface area contributed by atoms with Gasteiger partial charge in [0.2, 0.25) is 0 Å². The van der Waals surface area contributed by atoms with E-state index in [9.17, 15) is 4.79 Å². The summed E-state index contributed by atoms with van der Waals surface area (Å²) in [6.45, 7) is 8.42. The first-order chi connectivity index (χ1) is 8.41. The van der Waals surface area contributed by atoms with E-state index in [4.69, 9.17) is 0 Å². The molecule has 1 atom stereocenters. The average Bonchev–Trinajstić information content (AvgIpc) is 2.30. The number of carbonyl (C=O) groups excluding carboxylic acids is 1. The van der Waals surface area contributed by atoms with Crippen molar-refractivity contribution < 1.29 is 4.79 Å². The van der Waals surface area contributed by atoms with Crippen molar-refractivity contribution in [3.05, 3.63) is 33.8 Å². The molecule has 0 bridgehead atoms. The normalized spacial score (nSPS) is 12.6. The Hall–Kier alpha value is -0.830. The number of hydrogen-bond acceptors (Lipinski definition) is 1. The fourth-order valence-corrected chi connectivity index (χ4v) is 2.18. The van der Waals surface area contributed by atoms with Crippen molar-refractivity contribution in [1.82, 2.24) is 5.32 Å².